The molecule has 0 spiro atoms. The molecule has 2 aliphatic rings. The number of aromatic nitrogens is 7. The summed E-state index contributed by atoms with van der Waals surface area (Å²) < 4.78 is 15.4. The number of benzene rings is 1. The maximum Gasteiger partial charge on any atom is 0.410 e. The van der Waals surface area contributed by atoms with E-state index in [9.17, 15) is 4.79 Å². The lowest BCUT2D eigenvalue weighted by atomic mass is 9.96. The minimum atomic E-state index is -1.22. The zero-order chi connectivity index (χ0) is 31.9. The van der Waals surface area contributed by atoms with Gasteiger partial charge in [-0.05, 0) is 82.8 Å². The van der Waals surface area contributed by atoms with Gasteiger partial charge in [0.15, 0.2) is 5.82 Å². The van der Waals surface area contributed by atoms with Crippen LogP contribution in [0.4, 0.5) is 10.6 Å². The maximum atomic E-state index is 12.9. The standard InChI is InChI=1S/C32H45N9O3Si/c1-32(2,3)44-31(42)41-22-9-10-23(41)20-24(19-22)38(4)28-14-12-26(34-35-28)25-11-13-27(39-16-8-15-33-39)29-30(25)40(37-36-29)21-43-17-18-45(5,6)7/h8,11-16,22-24H,9-10,17-21H2,1-7H3/t22-,23+,24?. The van der Waals surface area contributed by atoms with Crippen LogP contribution in [0.1, 0.15) is 46.5 Å². The third-order valence-electron chi connectivity index (χ3n) is 8.75. The zero-order valence-corrected chi connectivity index (χ0v) is 28.5. The zero-order valence-electron chi connectivity index (χ0n) is 27.5. The van der Waals surface area contributed by atoms with Gasteiger partial charge in [-0.1, -0.05) is 24.9 Å². The Kier molecular flexibility index (Phi) is 8.42. The van der Waals surface area contributed by atoms with E-state index < -0.39 is 13.7 Å². The largest absolute Gasteiger partial charge is 0.444 e. The number of rotatable bonds is 9. The Labute approximate surface area is 265 Å². The average Bonchev–Trinajstić information content (AvgIpc) is 3.72. The van der Waals surface area contributed by atoms with Crippen molar-refractivity contribution >= 4 is 31.0 Å². The SMILES string of the molecule is CN(c1ccc(-c2ccc(-n3cccn3)c3nnn(COCC[Si](C)(C)C)c23)nn1)C1C[C@H]2CC[C@@H](C1)N2C(=O)OC(C)(C)C. The molecule has 0 aliphatic carbocycles. The number of hydrogen-bond donors (Lipinski definition) is 0. The lowest BCUT2D eigenvalue weighted by Gasteiger charge is -2.42. The van der Waals surface area contributed by atoms with Crippen LogP contribution in [0.5, 0.6) is 0 Å². The van der Waals surface area contributed by atoms with Crippen molar-refractivity contribution in [1.29, 1.82) is 0 Å². The number of nitrogens with zero attached hydrogens (tertiary/aromatic N) is 9. The highest BCUT2D eigenvalue weighted by molar-refractivity contribution is 6.76. The van der Waals surface area contributed by atoms with Crippen LogP contribution in [0.2, 0.25) is 25.7 Å². The van der Waals surface area contributed by atoms with Crippen molar-refractivity contribution in [1.82, 2.24) is 39.9 Å². The predicted octanol–water partition coefficient (Wildman–Crippen LogP) is 5.75. The van der Waals surface area contributed by atoms with Gasteiger partial charge in [0.25, 0.3) is 0 Å². The van der Waals surface area contributed by atoms with Crippen LogP contribution in [0.25, 0.3) is 28.0 Å². The lowest BCUT2D eigenvalue weighted by Crippen LogP contribution is -2.53. The summed E-state index contributed by atoms with van der Waals surface area (Å²) in [4.78, 5) is 17.1. The summed E-state index contributed by atoms with van der Waals surface area (Å²) in [5.41, 5.74) is 3.50. The molecule has 3 atom stereocenters. The number of anilines is 1. The van der Waals surface area contributed by atoms with Crippen LogP contribution < -0.4 is 4.90 Å². The second kappa shape index (κ2) is 12.2. The lowest BCUT2D eigenvalue weighted by molar-refractivity contribution is 0.00596. The molecule has 0 saturated carbocycles. The van der Waals surface area contributed by atoms with E-state index in [0.717, 1.165) is 65.5 Å². The summed E-state index contributed by atoms with van der Waals surface area (Å²) in [5.74, 6) is 0.805. The molecule has 1 amide bonds. The fourth-order valence-electron chi connectivity index (χ4n) is 6.42. The Hall–Kier alpha value is -3.84. The van der Waals surface area contributed by atoms with Crippen molar-refractivity contribution in [3.05, 3.63) is 42.7 Å². The number of piperidine rings is 1. The molecule has 2 fully saturated rings. The summed E-state index contributed by atoms with van der Waals surface area (Å²) in [7, 11) is 0.856. The molecule has 3 aromatic heterocycles. The van der Waals surface area contributed by atoms with Crippen molar-refractivity contribution in [3.8, 4) is 16.9 Å². The molecule has 2 bridgehead atoms. The van der Waals surface area contributed by atoms with Crippen LogP contribution in [0.15, 0.2) is 42.7 Å². The van der Waals surface area contributed by atoms with E-state index in [0.29, 0.717) is 13.3 Å². The molecule has 6 rings (SSSR count). The number of carbonyl (C=O) groups is 1. The molecular weight excluding hydrogens is 586 g/mol. The molecule has 0 N–H and O–H groups in total. The van der Waals surface area contributed by atoms with Gasteiger partial charge in [-0.25, -0.2) is 14.2 Å². The highest BCUT2D eigenvalue weighted by atomic mass is 28.3. The fraction of sp³-hybridized carbons (Fsp3) is 0.562. The van der Waals surface area contributed by atoms with Gasteiger partial charge in [-0.15, -0.1) is 15.3 Å². The molecule has 2 aliphatic heterocycles. The number of hydrogen-bond acceptors (Lipinski definition) is 9. The van der Waals surface area contributed by atoms with Crippen LogP contribution in [-0.2, 0) is 16.2 Å². The number of carbonyl (C=O) groups excluding carboxylic acids is 1. The summed E-state index contributed by atoms with van der Waals surface area (Å²) >= 11 is 0. The summed E-state index contributed by atoms with van der Waals surface area (Å²) in [6.07, 6.45) is 7.23. The van der Waals surface area contributed by atoms with Gasteiger partial charge in [0.1, 0.15) is 23.4 Å². The summed E-state index contributed by atoms with van der Waals surface area (Å²) in [5, 5.41) is 22.8. The van der Waals surface area contributed by atoms with Crippen LogP contribution in [-0.4, -0.2) is 91.4 Å². The highest BCUT2D eigenvalue weighted by Crippen LogP contribution is 2.39. The van der Waals surface area contributed by atoms with Crippen molar-refractivity contribution in [3.63, 3.8) is 0 Å². The molecule has 1 unspecified atom stereocenters. The summed E-state index contributed by atoms with van der Waals surface area (Å²) in [6, 6.07) is 11.6. The van der Waals surface area contributed by atoms with Gasteiger partial charge >= 0.3 is 6.09 Å². The molecule has 240 valence electrons. The van der Waals surface area contributed by atoms with E-state index in [-0.39, 0.29) is 24.2 Å². The molecule has 0 radical (unpaired) electrons. The van der Waals surface area contributed by atoms with Crippen LogP contribution in [0, 0.1) is 0 Å². The van der Waals surface area contributed by atoms with Gasteiger partial charge in [0, 0.05) is 57.8 Å². The average molecular weight is 632 g/mol. The van der Waals surface area contributed by atoms with E-state index in [1.54, 1.807) is 15.6 Å². The Balaban J connectivity index is 1.22. The minimum absolute atomic E-state index is 0.181. The highest BCUT2D eigenvalue weighted by Gasteiger charge is 2.46. The first-order valence-electron chi connectivity index (χ1n) is 15.9. The number of ether oxygens (including phenoxy) is 2. The molecule has 45 heavy (non-hydrogen) atoms. The Morgan fingerprint density at radius 3 is 2.42 bits per heavy atom. The Bertz CT molecular complexity index is 1610. The number of amides is 1. The first-order chi connectivity index (χ1) is 21.4. The van der Waals surface area contributed by atoms with E-state index in [2.05, 4.69) is 52.1 Å². The second-order valence-electron chi connectivity index (χ2n) is 14.5. The van der Waals surface area contributed by atoms with E-state index >= 15 is 0 Å². The molecule has 12 nitrogen and oxygen atoms in total. The van der Waals surface area contributed by atoms with Crippen molar-refractivity contribution in [2.45, 2.75) is 103 Å². The van der Waals surface area contributed by atoms with E-state index in [1.165, 1.54) is 0 Å². The van der Waals surface area contributed by atoms with Gasteiger partial charge in [0.2, 0.25) is 0 Å². The molecule has 2 saturated heterocycles. The Morgan fingerprint density at radius 1 is 1.04 bits per heavy atom. The van der Waals surface area contributed by atoms with Crippen molar-refractivity contribution in [2.75, 3.05) is 18.6 Å². The third kappa shape index (κ3) is 6.74. The second-order valence-corrected chi connectivity index (χ2v) is 20.1. The van der Waals surface area contributed by atoms with Gasteiger partial charge < -0.3 is 19.3 Å². The fourth-order valence-corrected chi connectivity index (χ4v) is 7.17. The van der Waals surface area contributed by atoms with E-state index in [4.69, 9.17) is 14.6 Å². The topological polar surface area (TPSA) is 116 Å². The smallest absolute Gasteiger partial charge is 0.410 e. The molecular formula is C32H45N9O3Si. The quantitative estimate of drug-likeness (QED) is 0.168. The predicted molar refractivity (Wildman–Crippen MR) is 176 cm³/mol. The Morgan fingerprint density at radius 2 is 1.80 bits per heavy atom. The monoisotopic (exact) mass is 631 g/mol. The van der Waals surface area contributed by atoms with E-state index in [1.807, 2.05) is 62.2 Å². The molecule has 1 aromatic carbocycles. The van der Waals surface area contributed by atoms with Crippen LogP contribution in [0.3, 0.4) is 0 Å². The molecule has 5 heterocycles. The first kappa shape index (κ1) is 31.2. The molecule has 4 aromatic rings. The molecule has 13 heteroatoms. The van der Waals surface area contributed by atoms with Gasteiger partial charge in [-0.3, -0.25) is 0 Å². The normalized spacial score (nSPS) is 20.2. The third-order valence-corrected chi connectivity index (χ3v) is 10.5. The van der Waals surface area contributed by atoms with Gasteiger partial charge in [-0.2, -0.15) is 5.10 Å². The van der Waals surface area contributed by atoms with Crippen molar-refractivity contribution in [2.24, 2.45) is 0 Å². The number of fused-ring (bicyclic) bond motifs is 3. The van der Waals surface area contributed by atoms with Crippen LogP contribution >= 0.6 is 0 Å². The maximum absolute atomic E-state index is 12.9. The summed E-state index contributed by atoms with van der Waals surface area (Å²) in [6.45, 7) is 13.8. The first-order valence-corrected chi connectivity index (χ1v) is 19.6. The van der Waals surface area contributed by atoms with Gasteiger partial charge in [0.05, 0.1) is 11.4 Å². The minimum Gasteiger partial charge on any atom is -0.444 e. The van der Waals surface area contributed by atoms with Crippen molar-refractivity contribution < 1.29 is 14.3 Å².